The Bertz CT molecular complexity index is 1430. The van der Waals surface area contributed by atoms with Gasteiger partial charge in [-0.3, -0.25) is 9.69 Å². The molecular weight excluding hydrogens is 613 g/mol. The molecule has 12 heteroatoms. The summed E-state index contributed by atoms with van der Waals surface area (Å²) in [6.07, 6.45) is 0.184. The van der Waals surface area contributed by atoms with Crippen LogP contribution in [0.25, 0.3) is 0 Å². The smallest absolute Gasteiger partial charge is 0.415 e. The third-order valence-electron chi connectivity index (χ3n) is 5.65. The highest BCUT2D eigenvalue weighted by Crippen LogP contribution is 2.26. The minimum absolute atomic E-state index is 0.0876. The first-order valence-corrected chi connectivity index (χ1v) is 15.3. The number of nitrogens with zero attached hydrogens (tertiary/aromatic N) is 2. The number of amides is 2. The number of rotatable bonds is 10. The molecule has 0 saturated heterocycles. The third-order valence-corrected chi connectivity index (χ3v) is 7.22. The first-order chi connectivity index (χ1) is 20.0. The Morgan fingerprint density at radius 3 is 2.23 bits per heavy atom. The Hall–Kier alpha value is -3.34. The second-order valence-corrected chi connectivity index (χ2v) is 13.5. The standard InChI is InChI=1S/C31H37Cl2N3O6S/c1-30(2,3)41-28(38)24(35-27(37)26-22(32)11-9-12-23(26)33)17-21-16-20(18-43-21)40-15-14-19-10-8-13-25(34-19)36(7)29(39)42-31(4,5)6/h8-13,16,18,24H,14-15,17H2,1-7H3,(H,35,37). The van der Waals surface area contributed by atoms with Crippen LogP contribution in [0.5, 0.6) is 5.75 Å². The number of hydrogen-bond donors (Lipinski definition) is 1. The van der Waals surface area contributed by atoms with Gasteiger partial charge < -0.3 is 19.5 Å². The van der Waals surface area contributed by atoms with Crippen LogP contribution in [0.3, 0.4) is 0 Å². The van der Waals surface area contributed by atoms with E-state index in [9.17, 15) is 14.4 Å². The minimum atomic E-state index is -0.987. The van der Waals surface area contributed by atoms with Crippen LogP contribution < -0.4 is 15.0 Å². The van der Waals surface area contributed by atoms with E-state index in [0.29, 0.717) is 24.6 Å². The quantitative estimate of drug-likeness (QED) is 0.233. The lowest BCUT2D eigenvalue weighted by atomic mass is 10.1. The number of anilines is 1. The molecule has 0 bridgehead atoms. The van der Waals surface area contributed by atoms with Gasteiger partial charge in [0, 0.05) is 35.8 Å². The largest absolute Gasteiger partial charge is 0.492 e. The zero-order valence-corrected chi connectivity index (χ0v) is 27.7. The summed E-state index contributed by atoms with van der Waals surface area (Å²) in [4.78, 5) is 45.2. The highest BCUT2D eigenvalue weighted by atomic mass is 35.5. The predicted molar refractivity (Wildman–Crippen MR) is 170 cm³/mol. The summed E-state index contributed by atoms with van der Waals surface area (Å²) in [6.45, 7) is 11.0. The van der Waals surface area contributed by atoms with Gasteiger partial charge in [-0.15, -0.1) is 11.3 Å². The number of carbonyl (C=O) groups excluding carboxylic acids is 3. The van der Waals surface area contributed by atoms with Crippen molar-refractivity contribution in [2.45, 2.75) is 71.6 Å². The fourth-order valence-electron chi connectivity index (χ4n) is 3.75. The van der Waals surface area contributed by atoms with Crippen LogP contribution >= 0.6 is 34.5 Å². The average molecular weight is 651 g/mol. The molecule has 2 heterocycles. The Kier molecular flexibility index (Phi) is 11.5. The van der Waals surface area contributed by atoms with E-state index in [2.05, 4.69) is 10.3 Å². The lowest BCUT2D eigenvalue weighted by Gasteiger charge is -2.24. The van der Waals surface area contributed by atoms with E-state index >= 15 is 0 Å². The molecule has 2 aromatic heterocycles. The summed E-state index contributed by atoms with van der Waals surface area (Å²) in [7, 11) is 1.61. The number of halogens is 2. The van der Waals surface area contributed by atoms with Gasteiger partial charge in [0.05, 0.1) is 22.2 Å². The fraction of sp³-hybridized carbons (Fsp3) is 0.419. The molecule has 0 saturated carbocycles. The first-order valence-electron chi connectivity index (χ1n) is 13.6. The molecule has 0 aliphatic rings. The van der Waals surface area contributed by atoms with Crippen LogP contribution in [0, 0.1) is 0 Å². The van der Waals surface area contributed by atoms with Crippen molar-refractivity contribution < 1.29 is 28.6 Å². The van der Waals surface area contributed by atoms with E-state index in [-0.39, 0.29) is 22.0 Å². The molecular formula is C31H37Cl2N3O6S. The molecule has 43 heavy (non-hydrogen) atoms. The van der Waals surface area contributed by atoms with Gasteiger partial charge in [-0.1, -0.05) is 35.3 Å². The molecule has 3 rings (SSSR count). The van der Waals surface area contributed by atoms with E-state index in [0.717, 1.165) is 10.6 Å². The summed E-state index contributed by atoms with van der Waals surface area (Å²) in [5.41, 5.74) is -0.532. The lowest BCUT2D eigenvalue weighted by molar-refractivity contribution is -0.157. The Balaban J connectivity index is 1.64. The number of hydrogen-bond acceptors (Lipinski definition) is 8. The van der Waals surface area contributed by atoms with Crippen molar-refractivity contribution in [3.63, 3.8) is 0 Å². The molecule has 0 fully saturated rings. The second-order valence-electron chi connectivity index (χ2n) is 11.7. The van der Waals surface area contributed by atoms with Crippen LogP contribution in [0.4, 0.5) is 10.6 Å². The van der Waals surface area contributed by atoms with E-state index in [1.807, 2.05) is 23.6 Å². The molecule has 2 amide bonds. The van der Waals surface area contributed by atoms with E-state index in [1.54, 1.807) is 72.9 Å². The average Bonchev–Trinajstić information content (AvgIpc) is 3.33. The molecule has 0 aliphatic heterocycles. The van der Waals surface area contributed by atoms with E-state index < -0.39 is 35.2 Å². The molecule has 232 valence electrons. The summed E-state index contributed by atoms with van der Waals surface area (Å²) in [5.74, 6) is -0.0722. The molecule has 3 aromatic rings. The third kappa shape index (κ3) is 10.7. The van der Waals surface area contributed by atoms with E-state index in [1.165, 1.54) is 16.2 Å². The van der Waals surface area contributed by atoms with Gasteiger partial charge in [0.2, 0.25) is 0 Å². The van der Waals surface area contributed by atoms with Crippen LogP contribution in [0.15, 0.2) is 47.8 Å². The maximum atomic E-state index is 13.1. The van der Waals surface area contributed by atoms with Crippen molar-refractivity contribution in [2.75, 3.05) is 18.6 Å². The lowest BCUT2D eigenvalue weighted by Crippen LogP contribution is -2.45. The number of thiophene rings is 1. The molecule has 0 aliphatic carbocycles. The maximum Gasteiger partial charge on any atom is 0.415 e. The van der Waals surface area contributed by atoms with Gasteiger partial charge in [-0.25, -0.2) is 14.6 Å². The number of carbonyl (C=O) groups is 3. The molecule has 0 radical (unpaired) electrons. The van der Waals surface area contributed by atoms with E-state index in [4.69, 9.17) is 37.4 Å². The SMILES string of the molecule is CN(C(=O)OC(C)(C)C)c1cccc(CCOc2csc(CC(NC(=O)c3c(Cl)cccc3Cl)C(=O)OC(C)(C)C)c2)n1. The van der Waals surface area contributed by atoms with Gasteiger partial charge in [0.15, 0.2) is 0 Å². The van der Waals surface area contributed by atoms with Gasteiger partial charge in [0.1, 0.15) is 28.8 Å². The Labute approximate surface area is 266 Å². The Morgan fingerprint density at radius 2 is 1.60 bits per heavy atom. The van der Waals surface area contributed by atoms with Crippen molar-refractivity contribution in [1.82, 2.24) is 10.3 Å². The van der Waals surface area contributed by atoms with Gasteiger partial charge in [0.25, 0.3) is 5.91 Å². The highest BCUT2D eigenvalue weighted by Gasteiger charge is 2.29. The number of ether oxygens (including phenoxy) is 3. The zero-order valence-electron chi connectivity index (χ0n) is 25.3. The maximum absolute atomic E-state index is 13.1. The Morgan fingerprint density at radius 1 is 0.977 bits per heavy atom. The van der Waals surface area contributed by atoms with Crippen molar-refractivity contribution in [2.24, 2.45) is 0 Å². The van der Waals surface area contributed by atoms with Crippen molar-refractivity contribution in [3.05, 3.63) is 74.0 Å². The summed E-state index contributed by atoms with van der Waals surface area (Å²) in [5, 5.41) is 4.91. The summed E-state index contributed by atoms with van der Waals surface area (Å²) in [6, 6.07) is 11.0. The topological polar surface area (TPSA) is 107 Å². The molecule has 1 atom stereocenters. The molecule has 9 nitrogen and oxygen atoms in total. The van der Waals surface area contributed by atoms with Crippen LogP contribution in [-0.4, -0.2) is 53.9 Å². The first kappa shape index (κ1) is 34.2. The van der Waals surface area contributed by atoms with Crippen LogP contribution in [0.2, 0.25) is 10.0 Å². The second kappa shape index (κ2) is 14.4. The van der Waals surface area contributed by atoms with Crippen LogP contribution in [-0.2, 0) is 27.1 Å². The molecule has 1 unspecified atom stereocenters. The number of benzene rings is 1. The molecule has 1 aromatic carbocycles. The van der Waals surface area contributed by atoms with Crippen LogP contribution in [0.1, 0.15) is 62.5 Å². The minimum Gasteiger partial charge on any atom is -0.492 e. The number of pyridine rings is 1. The molecule has 1 N–H and O–H groups in total. The van der Waals surface area contributed by atoms with Crippen molar-refractivity contribution >= 4 is 58.3 Å². The van der Waals surface area contributed by atoms with Gasteiger partial charge >= 0.3 is 12.1 Å². The monoisotopic (exact) mass is 649 g/mol. The normalized spacial score (nSPS) is 12.3. The summed E-state index contributed by atoms with van der Waals surface area (Å²) >= 11 is 13.8. The predicted octanol–water partition coefficient (Wildman–Crippen LogP) is 7.13. The number of nitrogens with one attached hydrogen (secondary N) is 1. The number of esters is 1. The fourth-order valence-corrected chi connectivity index (χ4v) is 5.17. The van der Waals surface area contributed by atoms with Crippen molar-refractivity contribution in [3.8, 4) is 5.75 Å². The van der Waals surface area contributed by atoms with Gasteiger partial charge in [-0.05, 0) is 71.9 Å². The summed E-state index contributed by atoms with van der Waals surface area (Å²) < 4.78 is 16.9. The van der Waals surface area contributed by atoms with Crippen molar-refractivity contribution in [1.29, 1.82) is 0 Å². The molecule has 0 spiro atoms. The highest BCUT2D eigenvalue weighted by molar-refractivity contribution is 7.10. The zero-order chi connectivity index (χ0) is 31.9. The van der Waals surface area contributed by atoms with Gasteiger partial charge in [-0.2, -0.15) is 0 Å². The number of aromatic nitrogens is 1.